The lowest BCUT2D eigenvalue weighted by Crippen LogP contribution is -2.35. The second-order valence-corrected chi connectivity index (χ2v) is 6.01. The number of hydrogen-bond donors (Lipinski definition) is 2. The Balaban J connectivity index is 1.97. The molecule has 0 amide bonds. The van der Waals surface area contributed by atoms with Crippen LogP contribution in [0.5, 0.6) is 0 Å². The van der Waals surface area contributed by atoms with Crippen molar-refractivity contribution in [3.05, 3.63) is 18.0 Å². The zero-order valence-electron chi connectivity index (χ0n) is 11.1. The molecule has 1 aromatic heterocycles. The van der Waals surface area contributed by atoms with Crippen LogP contribution >= 0.6 is 0 Å². The quantitative estimate of drug-likeness (QED) is 0.834. The van der Waals surface area contributed by atoms with E-state index in [0.29, 0.717) is 18.0 Å². The summed E-state index contributed by atoms with van der Waals surface area (Å²) in [5.74, 6) is 0. The molecule has 0 aromatic carbocycles. The SMILES string of the molecule is Cn1cc(C(CN)NC2CCC(C)(C)C2)cn1. The van der Waals surface area contributed by atoms with E-state index < -0.39 is 0 Å². The third-order valence-corrected chi connectivity index (χ3v) is 3.77. The predicted molar refractivity (Wildman–Crippen MR) is 69.6 cm³/mol. The molecule has 2 rings (SSSR count). The van der Waals surface area contributed by atoms with Crippen LogP contribution in [0.2, 0.25) is 0 Å². The lowest BCUT2D eigenvalue weighted by Gasteiger charge is -2.22. The maximum Gasteiger partial charge on any atom is 0.0538 e. The molecule has 2 atom stereocenters. The lowest BCUT2D eigenvalue weighted by atomic mass is 9.91. The van der Waals surface area contributed by atoms with Crippen molar-refractivity contribution in [2.24, 2.45) is 18.2 Å². The van der Waals surface area contributed by atoms with Crippen LogP contribution in [-0.2, 0) is 7.05 Å². The molecule has 0 radical (unpaired) electrons. The average molecular weight is 236 g/mol. The van der Waals surface area contributed by atoms with E-state index in [1.54, 1.807) is 0 Å². The molecule has 4 nitrogen and oxygen atoms in total. The van der Waals surface area contributed by atoms with E-state index in [0.717, 1.165) is 0 Å². The molecule has 1 aliphatic rings. The fraction of sp³-hybridized carbons (Fsp3) is 0.769. The van der Waals surface area contributed by atoms with Gasteiger partial charge in [-0.25, -0.2) is 0 Å². The van der Waals surface area contributed by atoms with Gasteiger partial charge >= 0.3 is 0 Å². The van der Waals surface area contributed by atoms with Crippen molar-refractivity contribution < 1.29 is 0 Å². The first kappa shape index (κ1) is 12.6. The summed E-state index contributed by atoms with van der Waals surface area (Å²) in [6.07, 6.45) is 7.75. The molecule has 0 saturated heterocycles. The summed E-state index contributed by atoms with van der Waals surface area (Å²) in [4.78, 5) is 0. The summed E-state index contributed by atoms with van der Waals surface area (Å²) >= 11 is 0. The van der Waals surface area contributed by atoms with Crippen molar-refractivity contribution in [3.8, 4) is 0 Å². The Hall–Kier alpha value is -0.870. The molecule has 4 heteroatoms. The minimum atomic E-state index is 0.239. The maximum atomic E-state index is 5.86. The zero-order chi connectivity index (χ0) is 12.5. The van der Waals surface area contributed by atoms with Gasteiger partial charge in [-0.05, 0) is 24.7 Å². The molecule has 1 fully saturated rings. The highest BCUT2D eigenvalue weighted by molar-refractivity contribution is 5.11. The van der Waals surface area contributed by atoms with Crippen LogP contribution in [0.1, 0.15) is 44.7 Å². The van der Waals surface area contributed by atoms with Crippen molar-refractivity contribution >= 4 is 0 Å². The fourth-order valence-electron chi connectivity index (χ4n) is 2.78. The first-order valence-corrected chi connectivity index (χ1v) is 6.45. The summed E-state index contributed by atoms with van der Waals surface area (Å²) in [5, 5.41) is 7.88. The monoisotopic (exact) mass is 236 g/mol. The number of nitrogens with two attached hydrogens (primary N) is 1. The van der Waals surface area contributed by atoms with Crippen LogP contribution in [-0.4, -0.2) is 22.4 Å². The van der Waals surface area contributed by atoms with Gasteiger partial charge in [-0.2, -0.15) is 5.10 Å². The van der Waals surface area contributed by atoms with Gasteiger partial charge in [0.15, 0.2) is 0 Å². The zero-order valence-corrected chi connectivity index (χ0v) is 11.1. The molecule has 1 aliphatic carbocycles. The fourth-order valence-corrected chi connectivity index (χ4v) is 2.78. The number of nitrogens with one attached hydrogen (secondary N) is 1. The topological polar surface area (TPSA) is 55.9 Å². The number of aromatic nitrogens is 2. The van der Waals surface area contributed by atoms with Gasteiger partial charge in [0.05, 0.1) is 6.20 Å². The lowest BCUT2D eigenvalue weighted by molar-refractivity contribution is 0.353. The summed E-state index contributed by atoms with van der Waals surface area (Å²) in [5.41, 5.74) is 7.53. The Morgan fingerprint density at radius 2 is 2.41 bits per heavy atom. The summed E-state index contributed by atoms with van der Waals surface area (Å²) in [6, 6.07) is 0.835. The van der Waals surface area contributed by atoms with Crippen molar-refractivity contribution in [1.29, 1.82) is 0 Å². The largest absolute Gasteiger partial charge is 0.329 e. The average Bonchev–Trinajstić information content (AvgIpc) is 2.81. The molecule has 1 heterocycles. The van der Waals surface area contributed by atoms with E-state index in [1.165, 1.54) is 24.8 Å². The van der Waals surface area contributed by atoms with E-state index >= 15 is 0 Å². The van der Waals surface area contributed by atoms with Crippen molar-refractivity contribution in [2.45, 2.75) is 45.2 Å². The van der Waals surface area contributed by atoms with Crippen LogP contribution in [0.25, 0.3) is 0 Å². The smallest absolute Gasteiger partial charge is 0.0538 e. The number of hydrogen-bond acceptors (Lipinski definition) is 3. The maximum absolute atomic E-state index is 5.86. The van der Waals surface area contributed by atoms with Gasteiger partial charge in [0.1, 0.15) is 0 Å². The highest BCUT2D eigenvalue weighted by atomic mass is 15.2. The van der Waals surface area contributed by atoms with Gasteiger partial charge in [0, 0.05) is 37.4 Å². The third-order valence-electron chi connectivity index (χ3n) is 3.77. The van der Waals surface area contributed by atoms with Gasteiger partial charge < -0.3 is 11.1 Å². The van der Waals surface area contributed by atoms with Crippen molar-refractivity contribution in [2.75, 3.05) is 6.54 Å². The Morgan fingerprint density at radius 3 is 2.88 bits per heavy atom. The second kappa shape index (κ2) is 4.78. The summed E-state index contributed by atoms with van der Waals surface area (Å²) < 4.78 is 1.83. The number of aryl methyl sites for hydroxylation is 1. The molecule has 1 aromatic rings. The second-order valence-electron chi connectivity index (χ2n) is 6.01. The number of rotatable bonds is 4. The van der Waals surface area contributed by atoms with E-state index in [9.17, 15) is 0 Å². The molecule has 2 unspecified atom stereocenters. The van der Waals surface area contributed by atoms with E-state index in [4.69, 9.17) is 5.73 Å². The van der Waals surface area contributed by atoms with Crippen LogP contribution in [0.4, 0.5) is 0 Å². The molecular formula is C13H24N4. The Morgan fingerprint density at radius 1 is 1.65 bits per heavy atom. The van der Waals surface area contributed by atoms with Crippen LogP contribution < -0.4 is 11.1 Å². The Labute approximate surface area is 104 Å². The number of nitrogens with zero attached hydrogens (tertiary/aromatic N) is 2. The molecule has 0 bridgehead atoms. The highest BCUT2D eigenvalue weighted by Crippen LogP contribution is 2.37. The summed E-state index contributed by atoms with van der Waals surface area (Å²) in [7, 11) is 1.94. The van der Waals surface area contributed by atoms with E-state index in [1.807, 2.05) is 24.1 Å². The normalized spacial score (nSPS) is 25.1. The van der Waals surface area contributed by atoms with Gasteiger partial charge in [-0.1, -0.05) is 13.8 Å². The predicted octanol–water partition coefficient (Wildman–Crippen LogP) is 1.59. The molecule has 0 spiro atoms. The van der Waals surface area contributed by atoms with Gasteiger partial charge in [0.2, 0.25) is 0 Å². The molecule has 0 aliphatic heterocycles. The highest BCUT2D eigenvalue weighted by Gasteiger charge is 2.32. The van der Waals surface area contributed by atoms with Gasteiger partial charge in [-0.3, -0.25) is 4.68 Å². The van der Waals surface area contributed by atoms with E-state index in [-0.39, 0.29) is 6.04 Å². The van der Waals surface area contributed by atoms with Crippen LogP contribution in [0.3, 0.4) is 0 Å². The molecule has 3 N–H and O–H groups in total. The van der Waals surface area contributed by atoms with Crippen molar-refractivity contribution in [3.63, 3.8) is 0 Å². The van der Waals surface area contributed by atoms with Crippen LogP contribution in [0.15, 0.2) is 12.4 Å². The molecule has 96 valence electrons. The molecule has 1 saturated carbocycles. The van der Waals surface area contributed by atoms with Crippen molar-refractivity contribution in [1.82, 2.24) is 15.1 Å². The standard InChI is InChI=1S/C13H24N4/c1-13(2)5-4-11(6-13)16-12(7-14)10-8-15-17(3)9-10/h8-9,11-12,16H,4-7,14H2,1-3H3. The van der Waals surface area contributed by atoms with Gasteiger partial charge in [-0.15, -0.1) is 0 Å². The Kier molecular flexibility index (Phi) is 3.54. The molecule has 17 heavy (non-hydrogen) atoms. The molecular weight excluding hydrogens is 212 g/mol. The van der Waals surface area contributed by atoms with E-state index in [2.05, 4.69) is 24.3 Å². The first-order valence-electron chi connectivity index (χ1n) is 6.45. The minimum absolute atomic E-state index is 0.239. The minimum Gasteiger partial charge on any atom is -0.329 e. The van der Waals surface area contributed by atoms with Crippen LogP contribution in [0, 0.1) is 5.41 Å². The summed E-state index contributed by atoms with van der Waals surface area (Å²) in [6.45, 7) is 5.31. The first-order chi connectivity index (χ1) is 8.00. The Bertz CT molecular complexity index is 369. The van der Waals surface area contributed by atoms with Gasteiger partial charge in [0.25, 0.3) is 0 Å². The third kappa shape index (κ3) is 3.07.